The van der Waals surface area contributed by atoms with Gasteiger partial charge in [0, 0.05) is 26.3 Å². The molecule has 2 N–H and O–H groups in total. The summed E-state index contributed by atoms with van der Waals surface area (Å²) in [6.45, 7) is 1.41. The molecular formula is C26H18Cl3N3O5. The second-order valence-electron chi connectivity index (χ2n) is 7.92. The fourth-order valence-electron chi connectivity index (χ4n) is 3.41. The summed E-state index contributed by atoms with van der Waals surface area (Å²) in [5, 5.41) is 5.99. The first-order valence-corrected chi connectivity index (χ1v) is 11.9. The zero-order valence-corrected chi connectivity index (χ0v) is 21.4. The highest BCUT2D eigenvalue weighted by Crippen LogP contribution is 2.29. The van der Waals surface area contributed by atoms with Crippen LogP contribution in [0.4, 0.5) is 16.2 Å². The van der Waals surface area contributed by atoms with Crippen LogP contribution in [0.15, 0.2) is 66.2 Å². The Labute approximate surface area is 226 Å². The van der Waals surface area contributed by atoms with Gasteiger partial charge in [0.15, 0.2) is 6.61 Å². The largest absolute Gasteiger partial charge is 0.483 e. The van der Waals surface area contributed by atoms with Crippen molar-refractivity contribution in [3.63, 3.8) is 0 Å². The van der Waals surface area contributed by atoms with Crippen molar-refractivity contribution in [2.75, 3.05) is 16.8 Å². The monoisotopic (exact) mass is 557 g/mol. The molecule has 4 rings (SSSR count). The normalized spacial score (nSPS) is 14.5. The predicted molar refractivity (Wildman–Crippen MR) is 142 cm³/mol. The van der Waals surface area contributed by atoms with E-state index < -0.39 is 23.8 Å². The predicted octanol–water partition coefficient (Wildman–Crippen LogP) is 5.64. The fourth-order valence-corrected chi connectivity index (χ4v) is 3.89. The van der Waals surface area contributed by atoms with Gasteiger partial charge in [0.2, 0.25) is 0 Å². The Morgan fingerprint density at radius 2 is 1.68 bits per heavy atom. The molecule has 3 aromatic carbocycles. The lowest BCUT2D eigenvalue weighted by atomic mass is 10.1. The van der Waals surface area contributed by atoms with Gasteiger partial charge in [-0.05, 0) is 73.2 Å². The molecule has 11 heteroatoms. The van der Waals surface area contributed by atoms with E-state index in [0.29, 0.717) is 20.8 Å². The van der Waals surface area contributed by atoms with E-state index in [1.54, 1.807) is 43.3 Å². The highest BCUT2D eigenvalue weighted by Gasteiger charge is 2.37. The number of amides is 5. The summed E-state index contributed by atoms with van der Waals surface area (Å²) in [7, 11) is 0. The van der Waals surface area contributed by atoms with E-state index in [2.05, 4.69) is 10.6 Å². The summed E-state index contributed by atoms with van der Waals surface area (Å²) in [5.74, 6) is -2.02. The first kappa shape index (κ1) is 26.2. The smallest absolute Gasteiger partial charge is 0.335 e. The quantitative estimate of drug-likeness (QED) is 0.301. The number of anilines is 2. The summed E-state index contributed by atoms with van der Waals surface area (Å²) in [5.41, 5.74) is 1.39. The lowest BCUT2D eigenvalue weighted by Crippen LogP contribution is -2.54. The third-order valence-corrected chi connectivity index (χ3v) is 6.17. The molecule has 0 radical (unpaired) electrons. The lowest BCUT2D eigenvalue weighted by Gasteiger charge is -2.26. The van der Waals surface area contributed by atoms with Crippen LogP contribution in [-0.4, -0.2) is 30.4 Å². The van der Waals surface area contributed by atoms with Gasteiger partial charge in [0.05, 0.1) is 5.69 Å². The Morgan fingerprint density at radius 1 is 0.973 bits per heavy atom. The second kappa shape index (κ2) is 11.0. The van der Waals surface area contributed by atoms with E-state index >= 15 is 0 Å². The zero-order valence-electron chi connectivity index (χ0n) is 19.2. The molecule has 1 heterocycles. The van der Waals surface area contributed by atoms with Gasteiger partial charge in [0.25, 0.3) is 17.7 Å². The standard InChI is InChI=1S/C26H18Cl3N3O5/c1-14-2-8-19(12-21(14)29)32-25(35)20(24(34)31-26(32)36)11-15-10-17(28)5-9-22(15)37-13-23(33)30-18-6-3-16(27)4-7-18/h2-12H,13H2,1H3,(H,30,33)(H,31,34,36)/b20-11+. The zero-order chi connectivity index (χ0) is 26.7. The van der Waals surface area contributed by atoms with Crippen molar-refractivity contribution >= 4 is 76.0 Å². The van der Waals surface area contributed by atoms with Crippen LogP contribution >= 0.6 is 34.8 Å². The first-order chi connectivity index (χ1) is 17.6. The van der Waals surface area contributed by atoms with Gasteiger partial charge in [-0.15, -0.1) is 0 Å². The molecule has 1 fully saturated rings. The minimum absolute atomic E-state index is 0.186. The van der Waals surface area contributed by atoms with Gasteiger partial charge in [-0.3, -0.25) is 19.7 Å². The number of rotatable bonds is 6. The van der Waals surface area contributed by atoms with Crippen LogP contribution in [0, 0.1) is 6.92 Å². The van der Waals surface area contributed by atoms with Crippen molar-refractivity contribution in [2.24, 2.45) is 0 Å². The van der Waals surface area contributed by atoms with Crippen LogP contribution in [-0.2, 0) is 14.4 Å². The number of nitrogens with zero attached hydrogens (tertiary/aromatic N) is 1. The summed E-state index contributed by atoms with van der Waals surface area (Å²) in [6.07, 6.45) is 1.24. The van der Waals surface area contributed by atoms with Crippen LogP contribution in [0.1, 0.15) is 11.1 Å². The topological polar surface area (TPSA) is 105 Å². The molecule has 0 saturated carbocycles. The van der Waals surface area contributed by atoms with Crippen LogP contribution in [0.5, 0.6) is 5.75 Å². The van der Waals surface area contributed by atoms with Crippen LogP contribution in [0.2, 0.25) is 15.1 Å². The molecular weight excluding hydrogens is 541 g/mol. The highest BCUT2D eigenvalue weighted by atomic mass is 35.5. The lowest BCUT2D eigenvalue weighted by molar-refractivity contribution is -0.122. The number of carbonyl (C=O) groups is 4. The highest BCUT2D eigenvalue weighted by molar-refractivity contribution is 6.39. The van der Waals surface area contributed by atoms with Crippen LogP contribution in [0.25, 0.3) is 6.08 Å². The van der Waals surface area contributed by atoms with E-state index in [4.69, 9.17) is 39.5 Å². The number of nitrogens with one attached hydrogen (secondary N) is 2. The first-order valence-electron chi connectivity index (χ1n) is 10.8. The van der Waals surface area contributed by atoms with Gasteiger partial charge >= 0.3 is 6.03 Å². The second-order valence-corrected chi connectivity index (χ2v) is 9.20. The third kappa shape index (κ3) is 6.11. The average Bonchev–Trinajstić information content (AvgIpc) is 2.84. The number of benzene rings is 3. The Kier molecular flexibility index (Phi) is 7.83. The fraction of sp³-hybridized carbons (Fsp3) is 0.0769. The molecule has 0 unspecified atom stereocenters. The number of ether oxygens (including phenoxy) is 1. The number of barbiturate groups is 1. The van der Waals surface area contributed by atoms with Crippen molar-refractivity contribution < 1.29 is 23.9 Å². The van der Waals surface area contributed by atoms with Gasteiger partial charge in [-0.25, -0.2) is 9.69 Å². The van der Waals surface area contributed by atoms with Crippen molar-refractivity contribution in [1.29, 1.82) is 0 Å². The maximum Gasteiger partial charge on any atom is 0.335 e. The Morgan fingerprint density at radius 3 is 2.38 bits per heavy atom. The molecule has 3 aromatic rings. The summed E-state index contributed by atoms with van der Waals surface area (Å²) in [4.78, 5) is 51.4. The van der Waals surface area contributed by atoms with Crippen molar-refractivity contribution in [3.05, 3.63) is 92.4 Å². The molecule has 1 saturated heterocycles. The molecule has 188 valence electrons. The molecule has 0 aromatic heterocycles. The molecule has 1 aliphatic rings. The number of aryl methyl sites for hydroxylation is 1. The number of hydrogen-bond donors (Lipinski definition) is 2. The van der Waals surface area contributed by atoms with Crippen LogP contribution in [0.3, 0.4) is 0 Å². The minimum atomic E-state index is -0.909. The van der Waals surface area contributed by atoms with Crippen molar-refractivity contribution in [3.8, 4) is 5.75 Å². The van der Waals surface area contributed by atoms with Gasteiger partial charge in [-0.2, -0.15) is 0 Å². The number of halogens is 3. The Hall–Kier alpha value is -3.85. The number of carbonyl (C=O) groups excluding carboxylic acids is 4. The molecule has 5 amide bonds. The average molecular weight is 559 g/mol. The van der Waals surface area contributed by atoms with E-state index in [1.165, 1.54) is 30.3 Å². The minimum Gasteiger partial charge on any atom is -0.483 e. The van der Waals surface area contributed by atoms with E-state index in [-0.39, 0.29) is 29.2 Å². The van der Waals surface area contributed by atoms with E-state index in [0.717, 1.165) is 10.5 Å². The van der Waals surface area contributed by atoms with Gasteiger partial charge < -0.3 is 10.1 Å². The van der Waals surface area contributed by atoms with Crippen molar-refractivity contribution in [1.82, 2.24) is 5.32 Å². The summed E-state index contributed by atoms with van der Waals surface area (Å²) < 4.78 is 5.64. The molecule has 0 aliphatic carbocycles. The van der Waals surface area contributed by atoms with Crippen LogP contribution < -0.4 is 20.3 Å². The Balaban J connectivity index is 1.58. The molecule has 37 heavy (non-hydrogen) atoms. The maximum absolute atomic E-state index is 13.2. The maximum atomic E-state index is 13.2. The number of imide groups is 2. The van der Waals surface area contributed by atoms with E-state index in [1.807, 2.05) is 0 Å². The molecule has 0 bridgehead atoms. The molecule has 0 spiro atoms. The van der Waals surface area contributed by atoms with E-state index in [9.17, 15) is 19.2 Å². The molecule has 8 nitrogen and oxygen atoms in total. The number of hydrogen-bond acceptors (Lipinski definition) is 5. The SMILES string of the molecule is Cc1ccc(N2C(=O)NC(=O)/C(=C\c3cc(Cl)ccc3OCC(=O)Nc3ccc(Cl)cc3)C2=O)cc1Cl. The van der Waals surface area contributed by atoms with Gasteiger partial charge in [0.1, 0.15) is 11.3 Å². The van der Waals surface area contributed by atoms with Crippen molar-refractivity contribution in [2.45, 2.75) is 6.92 Å². The summed E-state index contributed by atoms with van der Waals surface area (Å²) in [6, 6.07) is 14.8. The third-order valence-electron chi connectivity index (χ3n) is 5.27. The summed E-state index contributed by atoms with van der Waals surface area (Å²) >= 11 is 18.1. The molecule has 1 aliphatic heterocycles. The Bertz CT molecular complexity index is 1450. The van der Waals surface area contributed by atoms with Gasteiger partial charge in [-0.1, -0.05) is 40.9 Å². The number of urea groups is 1. The molecule has 0 atom stereocenters.